The van der Waals surface area contributed by atoms with E-state index in [1.54, 1.807) is 6.26 Å². The van der Waals surface area contributed by atoms with Gasteiger partial charge in [0.2, 0.25) is 0 Å². The van der Waals surface area contributed by atoms with Crippen LogP contribution in [0.2, 0.25) is 0 Å². The van der Waals surface area contributed by atoms with Crippen LogP contribution in [0.25, 0.3) is 0 Å². The third-order valence-corrected chi connectivity index (χ3v) is 4.22. The minimum absolute atomic E-state index is 0.0988. The SMILES string of the molecule is CCCNc1nc(C)nc(NCC(C)S(C)=O)c1C. The summed E-state index contributed by atoms with van der Waals surface area (Å²) in [7, 11) is -0.828. The van der Waals surface area contributed by atoms with Crippen LogP contribution in [-0.4, -0.2) is 38.8 Å². The van der Waals surface area contributed by atoms with Crippen molar-refractivity contribution in [2.45, 2.75) is 39.4 Å². The highest BCUT2D eigenvalue weighted by Gasteiger charge is 2.11. The van der Waals surface area contributed by atoms with Gasteiger partial charge in [0.1, 0.15) is 17.5 Å². The molecule has 2 unspecified atom stereocenters. The number of nitrogens with zero attached hydrogens (tertiary/aromatic N) is 2. The summed E-state index contributed by atoms with van der Waals surface area (Å²) in [5.74, 6) is 2.43. The van der Waals surface area contributed by atoms with Crippen LogP contribution in [0.1, 0.15) is 31.7 Å². The fourth-order valence-corrected chi connectivity index (χ4v) is 1.89. The first-order valence-corrected chi connectivity index (χ1v) is 8.23. The van der Waals surface area contributed by atoms with Gasteiger partial charge in [-0.1, -0.05) is 6.92 Å². The molecule has 1 heterocycles. The van der Waals surface area contributed by atoms with Crippen molar-refractivity contribution in [3.8, 4) is 0 Å². The van der Waals surface area contributed by atoms with Crippen molar-refractivity contribution in [1.29, 1.82) is 0 Å². The van der Waals surface area contributed by atoms with E-state index < -0.39 is 10.8 Å². The molecule has 0 saturated carbocycles. The van der Waals surface area contributed by atoms with Crippen LogP contribution in [0.4, 0.5) is 11.6 Å². The molecular weight excluding hydrogens is 260 g/mol. The van der Waals surface area contributed by atoms with Crippen LogP contribution < -0.4 is 10.6 Å². The lowest BCUT2D eigenvalue weighted by Crippen LogP contribution is -2.22. The monoisotopic (exact) mass is 284 g/mol. The minimum Gasteiger partial charge on any atom is -0.370 e. The first kappa shape index (κ1) is 15.9. The second-order valence-electron chi connectivity index (χ2n) is 4.71. The van der Waals surface area contributed by atoms with E-state index in [0.717, 1.165) is 36.0 Å². The molecule has 1 rings (SSSR count). The van der Waals surface area contributed by atoms with Crippen molar-refractivity contribution in [3.63, 3.8) is 0 Å². The standard InChI is InChI=1S/C13H24N4OS/c1-6-7-14-12-10(3)13(17-11(4)16-12)15-8-9(2)19(5)18/h9H,6-8H2,1-5H3,(H2,14,15,16,17). The van der Waals surface area contributed by atoms with Crippen LogP contribution in [0.5, 0.6) is 0 Å². The highest BCUT2D eigenvalue weighted by molar-refractivity contribution is 7.84. The topological polar surface area (TPSA) is 66.9 Å². The maximum absolute atomic E-state index is 11.4. The molecule has 1 aromatic heterocycles. The van der Waals surface area contributed by atoms with Crippen LogP contribution >= 0.6 is 0 Å². The number of nitrogens with one attached hydrogen (secondary N) is 2. The van der Waals surface area contributed by atoms with Gasteiger partial charge >= 0.3 is 0 Å². The van der Waals surface area contributed by atoms with Gasteiger partial charge in [0, 0.05) is 41.0 Å². The Kier molecular flexibility index (Phi) is 6.21. The third-order valence-electron chi connectivity index (χ3n) is 2.92. The van der Waals surface area contributed by atoms with Gasteiger partial charge in [0.05, 0.1) is 0 Å². The van der Waals surface area contributed by atoms with Gasteiger partial charge < -0.3 is 10.6 Å². The van der Waals surface area contributed by atoms with Crippen LogP contribution in [-0.2, 0) is 10.8 Å². The molecule has 2 atom stereocenters. The minimum atomic E-state index is -0.828. The molecule has 0 spiro atoms. The quantitative estimate of drug-likeness (QED) is 0.802. The van der Waals surface area contributed by atoms with Crippen molar-refractivity contribution in [2.75, 3.05) is 30.0 Å². The fourth-order valence-electron chi connectivity index (χ4n) is 1.57. The number of anilines is 2. The zero-order valence-electron chi connectivity index (χ0n) is 12.4. The predicted octanol–water partition coefficient (Wildman–Crippen LogP) is 2.09. The molecule has 0 saturated heterocycles. The first-order valence-electron chi connectivity index (χ1n) is 6.60. The Balaban J connectivity index is 2.82. The summed E-state index contributed by atoms with van der Waals surface area (Å²) in [6, 6.07) is 0. The molecule has 0 bridgehead atoms. The second-order valence-corrected chi connectivity index (χ2v) is 6.51. The number of hydrogen-bond acceptors (Lipinski definition) is 5. The Morgan fingerprint density at radius 2 is 1.79 bits per heavy atom. The molecule has 5 nitrogen and oxygen atoms in total. The summed E-state index contributed by atoms with van der Waals surface area (Å²) in [5, 5.41) is 6.67. The van der Waals surface area contributed by atoms with Gasteiger partial charge in [-0.05, 0) is 27.2 Å². The number of aryl methyl sites for hydroxylation is 1. The van der Waals surface area contributed by atoms with E-state index in [1.165, 1.54) is 0 Å². The number of aromatic nitrogens is 2. The van der Waals surface area contributed by atoms with Crippen molar-refractivity contribution in [1.82, 2.24) is 9.97 Å². The van der Waals surface area contributed by atoms with Gasteiger partial charge in [-0.3, -0.25) is 4.21 Å². The highest BCUT2D eigenvalue weighted by Crippen LogP contribution is 2.19. The average Bonchev–Trinajstić information content (AvgIpc) is 2.37. The Morgan fingerprint density at radius 3 is 2.32 bits per heavy atom. The highest BCUT2D eigenvalue weighted by atomic mass is 32.2. The summed E-state index contributed by atoms with van der Waals surface area (Å²) in [6.45, 7) is 9.49. The lowest BCUT2D eigenvalue weighted by Gasteiger charge is -2.15. The van der Waals surface area contributed by atoms with Crippen molar-refractivity contribution in [3.05, 3.63) is 11.4 Å². The normalized spacial score (nSPS) is 13.9. The molecule has 0 aromatic carbocycles. The molecule has 6 heteroatoms. The lowest BCUT2D eigenvalue weighted by molar-refractivity contribution is 0.678. The van der Waals surface area contributed by atoms with Crippen molar-refractivity contribution >= 4 is 22.4 Å². The van der Waals surface area contributed by atoms with E-state index in [0.29, 0.717) is 6.54 Å². The van der Waals surface area contributed by atoms with E-state index in [1.807, 2.05) is 20.8 Å². The number of hydrogen-bond donors (Lipinski definition) is 2. The fraction of sp³-hybridized carbons (Fsp3) is 0.692. The third kappa shape index (κ3) is 4.78. The lowest BCUT2D eigenvalue weighted by atomic mass is 10.3. The Hall–Kier alpha value is -1.17. The smallest absolute Gasteiger partial charge is 0.134 e. The molecule has 0 aliphatic rings. The summed E-state index contributed by atoms with van der Waals surface area (Å²) in [6.07, 6.45) is 2.77. The Bertz CT molecular complexity index is 451. The number of rotatable bonds is 7. The van der Waals surface area contributed by atoms with E-state index in [4.69, 9.17) is 0 Å². The average molecular weight is 284 g/mol. The maximum atomic E-state index is 11.4. The predicted molar refractivity (Wildman–Crippen MR) is 82.3 cm³/mol. The zero-order chi connectivity index (χ0) is 14.4. The molecule has 0 fully saturated rings. The molecule has 19 heavy (non-hydrogen) atoms. The molecule has 2 N–H and O–H groups in total. The van der Waals surface area contributed by atoms with Gasteiger partial charge in [0.15, 0.2) is 0 Å². The Labute approximate surface area is 118 Å². The molecule has 108 valence electrons. The molecular formula is C13H24N4OS. The van der Waals surface area contributed by atoms with E-state index in [2.05, 4.69) is 27.5 Å². The summed E-state index contributed by atoms with van der Waals surface area (Å²) in [4.78, 5) is 8.82. The second kappa shape index (κ2) is 7.43. The van der Waals surface area contributed by atoms with E-state index in [-0.39, 0.29) is 5.25 Å². The van der Waals surface area contributed by atoms with Crippen LogP contribution in [0.3, 0.4) is 0 Å². The van der Waals surface area contributed by atoms with E-state index >= 15 is 0 Å². The van der Waals surface area contributed by atoms with Gasteiger partial charge in [-0.15, -0.1) is 0 Å². The van der Waals surface area contributed by atoms with Gasteiger partial charge in [-0.25, -0.2) is 9.97 Å². The first-order chi connectivity index (χ1) is 8.95. The molecule has 0 aliphatic carbocycles. The maximum Gasteiger partial charge on any atom is 0.134 e. The Morgan fingerprint density at radius 1 is 1.21 bits per heavy atom. The summed E-state index contributed by atoms with van der Waals surface area (Å²) >= 11 is 0. The van der Waals surface area contributed by atoms with Crippen molar-refractivity contribution < 1.29 is 4.21 Å². The zero-order valence-corrected chi connectivity index (χ0v) is 13.2. The van der Waals surface area contributed by atoms with Gasteiger partial charge in [0.25, 0.3) is 0 Å². The van der Waals surface area contributed by atoms with Crippen LogP contribution in [0.15, 0.2) is 0 Å². The van der Waals surface area contributed by atoms with E-state index in [9.17, 15) is 4.21 Å². The molecule has 0 aliphatic heterocycles. The summed E-state index contributed by atoms with van der Waals surface area (Å²) < 4.78 is 11.4. The van der Waals surface area contributed by atoms with Crippen molar-refractivity contribution in [2.24, 2.45) is 0 Å². The molecule has 0 radical (unpaired) electrons. The molecule has 0 amide bonds. The van der Waals surface area contributed by atoms with Crippen LogP contribution in [0, 0.1) is 13.8 Å². The molecule has 1 aromatic rings. The summed E-state index contributed by atoms with van der Waals surface area (Å²) in [5.41, 5.74) is 1.01. The van der Waals surface area contributed by atoms with Gasteiger partial charge in [-0.2, -0.15) is 0 Å². The largest absolute Gasteiger partial charge is 0.370 e.